The monoisotopic (exact) mass is 300 g/mol. The summed E-state index contributed by atoms with van der Waals surface area (Å²) in [5.41, 5.74) is -0.272. The van der Waals surface area contributed by atoms with E-state index in [0.717, 1.165) is 19.3 Å². The molecule has 5 heteroatoms. The van der Waals surface area contributed by atoms with E-state index in [4.69, 9.17) is 11.6 Å². The van der Waals surface area contributed by atoms with Crippen LogP contribution in [0, 0.1) is 5.41 Å². The number of aromatic nitrogens is 2. The second kappa shape index (κ2) is 7.11. The van der Waals surface area contributed by atoms with E-state index >= 15 is 0 Å². The van der Waals surface area contributed by atoms with E-state index in [1.54, 1.807) is 0 Å². The van der Waals surface area contributed by atoms with E-state index in [1.807, 2.05) is 6.92 Å². The number of hydrogen-bond donors (Lipinski definition) is 1. The molecule has 0 aliphatic carbocycles. The van der Waals surface area contributed by atoms with Gasteiger partial charge in [0.25, 0.3) is 5.56 Å². The molecule has 0 aliphatic rings. The van der Waals surface area contributed by atoms with Crippen LogP contribution >= 0.6 is 11.6 Å². The van der Waals surface area contributed by atoms with Crippen molar-refractivity contribution in [3.63, 3.8) is 0 Å². The van der Waals surface area contributed by atoms with Gasteiger partial charge in [-0.2, -0.15) is 0 Å². The third-order valence-electron chi connectivity index (χ3n) is 3.63. The highest BCUT2D eigenvalue weighted by molar-refractivity contribution is 6.30. The molecule has 20 heavy (non-hydrogen) atoms. The van der Waals surface area contributed by atoms with Crippen LogP contribution in [0.15, 0.2) is 9.59 Å². The number of rotatable bonds is 7. The average Bonchev–Trinajstić information content (AvgIpc) is 2.35. The molecule has 0 fully saturated rings. The van der Waals surface area contributed by atoms with Gasteiger partial charge in [0, 0.05) is 6.54 Å². The molecule has 0 atom stereocenters. The first kappa shape index (κ1) is 17.0. The largest absolute Gasteiger partial charge is 0.329 e. The maximum Gasteiger partial charge on any atom is 0.329 e. The molecule has 0 amide bonds. The quantitative estimate of drug-likeness (QED) is 0.620. The van der Waals surface area contributed by atoms with Gasteiger partial charge in [0.1, 0.15) is 5.15 Å². The lowest BCUT2D eigenvalue weighted by Crippen LogP contribution is -2.41. The van der Waals surface area contributed by atoms with Crippen molar-refractivity contribution in [2.45, 2.75) is 66.3 Å². The van der Waals surface area contributed by atoms with Crippen LogP contribution in [0.5, 0.6) is 0 Å². The van der Waals surface area contributed by atoms with E-state index in [2.05, 4.69) is 25.8 Å². The molecule has 0 saturated carbocycles. The fraction of sp³-hybridized carbons (Fsp3) is 0.733. The van der Waals surface area contributed by atoms with Crippen LogP contribution in [0.4, 0.5) is 0 Å². The molecule has 0 bridgehead atoms. The van der Waals surface area contributed by atoms with Gasteiger partial charge in [0.2, 0.25) is 0 Å². The molecule has 1 rings (SSSR count). The molecule has 0 radical (unpaired) electrons. The molecule has 1 N–H and O–H groups in total. The lowest BCUT2D eigenvalue weighted by molar-refractivity contribution is 0.263. The zero-order chi connectivity index (χ0) is 15.3. The van der Waals surface area contributed by atoms with Crippen molar-refractivity contribution in [2.24, 2.45) is 5.41 Å². The maximum atomic E-state index is 12.3. The summed E-state index contributed by atoms with van der Waals surface area (Å²) in [6.07, 6.45) is 4.97. The van der Waals surface area contributed by atoms with Crippen molar-refractivity contribution < 1.29 is 0 Å². The summed E-state index contributed by atoms with van der Waals surface area (Å²) in [5.74, 6) is 0. The van der Waals surface area contributed by atoms with Crippen molar-refractivity contribution in [3.8, 4) is 0 Å². The van der Waals surface area contributed by atoms with Crippen molar-refractivity contribution >= 4 is 11.6 Å². The smallest absolute Gasteiger partial charge is 0.297 e. The van der Waals surface area contributed by atoms with E-state index in [9.17, 15) is 9.59 Å². The summed E-state index contributed by atoms with van der Waals surface area (Å²) in [6.45, 7) is 8.63. The number of H-pyrrole nitrogens is 1. The number of halogens is 1. The predicted molar refractivity (Wildman–Crippen MR) is 83.6 cm³/mol. The van der Waals surface area contributed by atoms with E-state index in [-0.39, 0.29) is 16.1 Å². The van der Waals surface area contributed by atoms with Gasteiger partial charge in [0.15, 0.2) is 0 Å². The first-order chi connectivity index (χ1) is 9.32. The Morgan fingerprint density at radius 1 is 1.20 bits per heavy atom. The molecule has 0 unspecified atom stereocenters. The van der Waals surface area contributed by atoms with Crippen LogP contribution in [-0.4, -0.2) is 9.55 Å². The van der Waals surface area contributed by atoms with Gasteiger partial charge in [-0.05, 0) is 18.3 Å². The highest BCUT2D eigenvalue weighted by atomic mass is 35.5. The van der Waals surface area contributed by atoms with Crippen LogP contribution in [0.25, 0.3) is 0 Å². The van der Waals surface area contributed by atoms with Gasteiger partial charge in [-0.25, -0.2) is 4.79 Å². The Morgan fingerprint density at radius 2 is 1.85 bits per heavy atom. The highest BCUT2D eigenvalue weighted by Crippen LogP contribution is 2.25. The topological polar surface area (TPSA) is 54.9 Å². The summed E-state index contributed by atoms with van der Waals surface area (Å²) in [4.78, 5) is 26.8. The molecule has 1 aromatic rings. The molecule has 0 spiro atoms. The highest BCUT2D eigenvalue weighted by Gasteiger charge is 2.21. The molecule has 1 aromatic heterocycles. The predicted octanol–water partition coefficient (Wildman–Crippen LogP) is 3.36. The standard InChI is InChI=1S/C15H25ClN2O2/c1-5-7-8-9-15(3,4)10-18-13(19)11(6-2)12(16)17-14(18)20/h5-10H2,1-4H3,(H,17,20). The zero-order valence-corrected chi connectivity index (χ0v) is 13.6. The number of unbranched alkanes of at least 4 members (excludes halogenated alkanes) is 2. The van der Waals surface area contributed by atoms with Gasteiger partial charge in [0.05, 0.1) is 5.56 Å². The third-order valence-corrected chi connectivity index (χ3v) is 3.95. The lowest BCUT2D eigenvalue weighted by Gasteiger charge is -2.25. The number of hydrogen-bond acceptors (Lipinski definition) is 2. The number of nitrogens with zero attached hydrogens (tertiary/aromatic N) is 1. The zero-order valence-electron chi connectivity index (χ0n) is 12.9. The minimum atomic E-state index is -0.416. The molecule has 114 valence electrons. The number of nitrogens with one attached hydrogen (secondary N) is 1. The van der Waals surface area contributed by atoms with Crippen LogP contribution in [0.3, 0.4) is 0 Å². The first-order valence-electron chi connectivity index (χ1n) is 7.34. The summed E-state index contributed by atoms with van der Waals surface area (Å²) < 4.78 is 1.29. The Hall–Kier alpha value is -1.03. The Bertz CT molecular complexity index is 558. The molecule has 0 aliphatic heterocycles. The van der Waals surface area contributed by atoms with Crippen LogP contribution in [0.1, 0.15) is 58.9 Å². The first-order valence-corrected chi connectivity index (χ1v) is 7.71. The van der Waals surface area contributed by atoms with Gasteiger partial charge < -0.3 is 0 Å². The van der Waals surface area contributed by atoms with Gasteiger partial charge in [-0.1, -0.05) is 58.6 Å². The summed E-state index contributed by atoms with van der Waals surface area (Å²) in [5, 5.41) is 0.169. The van der Waals surface area contributed by atoms with Crippen molar-refractivity contribution in [3.05, 3.63) is 31.6 Å². The van der Waals surface area contributed by atoms with E-state index < -0.39 is 5.69 Å². The Kier molecular flexibility index (Phi) is 6.06. The van der Waals surface area contributed by atoms with Crippen molar-refractivity contribution in [1.82, 2.24) is 9.55 Å². The fourth-order valence-electron chi connectivity index (χ4n) is 2.40. The van der Waals surface area contributed by atoms with Crippen molar-refractivity contribution in [2.75, 3.05) is 0 Å². The van der Waals surface area contributed by atoms with Crippen LogP contribution in [-0.2, 0) is 13.0 Å². The average molecular weight is 301 g/mol. The SMILES string of the molecule is CCCCCC(C)(C)Cn1c(=O)[nH]c(Cl)c(CC)c1=O. The number of aromatic amines is 1. The van der Waals surface area contributed by atoms with Gasteiger partial charge in [-0.15, -0.1) is 0 Å². The summed E-state index contributed by atoms with van der Waals surface area (Å²) in [7, 11) is 0. The second-order valence-corrected chi connectivity index (χ2v) is 6.47. The second-order valence-electron chi connectivity index (χ2n) is 6.09. The maximum absolute atomic E-state index is 12.3. The van der Waals surface area contributed by atoms with Gasteiger partial charge >= 0.3 is 5.69 Å². The molecule has 0 aromatic carbocycles. The van der Waals surface area contributed by atoms with Crippen LogP contribution < -0.4 is 11.2 Å². The Balaban J connectivity index is 3.03. The Labute approximate surface area is 125 Å². The Morgan fingerprint density at radius 3 is 2.40 bits per heavy atom. The van der Waals surface area contributed by atoms with E-state index in [1.165, 1.54) is 11.0 Å². The normalized spacial score (nSPS) is 11.8. The minimum Gasteiger partial charge on any atom is -0.297 e. The molecule has 4 nitrogen and oxygen atoms in total. The van der Waals surface area contributed by atoms with Gasteiger partial charge in [-0.3, -0.25) is 14.3 Å². The van der Waals surface area contributed by atoms with E-state index in [0.29, 0.717) is 18.5 Å². The molecule has 1 heterocycles. The minimum absolute atomic E-state index is 0.0785. The van der Waals surface area contributed by atoms with Crippen LogP contribution in [0.2, 0.25) is 5.15 Å². The molecule has 0 saturated heterocycles. The third kappa shape index (κ3) is 4.23. The summed E-state index contributed by atoms with van der Waals surface area (Å²) in [6, 6.07) is 0. The summed E-state index contributed by atoms with van der Waals surface area (Å²) >= 11 is 5.91. The molecular weight excluding hydrogens is 276 g/mol. The lowest BCUT2D eigenvalue weighted by atomic mass is 9.87. The van der Waals surface area contributed by atoms with Crippen molar-refractivity contribution in [1.29, 1.82) is 0 Å². The molecular formula is C15H25ClN2O2. The fourth-order valence-corrected chi connectivity index (χ4v) is 2.69.